The zero-order valence-corrected chi connectivity index (χ0v) is 13.8. The van der Waals surface area contributed by atoms with Crippen LogP contribution < -0.4 is 5.32 Å². The van der Waals surface area contributed by atoms with Gasteiger partial charge in [-0.3, -0.25) is 34.7 Å². The van der Waals surface area contributed by atoms with Gasteiger partial charge in [0.2, 0.25) is 17.7 Å². The lowest BCUT2D eigenvalue weighted by atomic mass is 10.2. The summed E-state index contributed by atoms with van der Waals surface area (Å²) in [6, 6.07) is 5.46. The summed E-state index contributed by atoms with van der Waals surface area (Å²) < 4.78 is 5.20. The Bertz CT molecular complexity index is 917. The van der Waals surface area contributed by atoms with E-state index in [1.807, 2.05) is 0 Å². The molecule has 1 fully saturated rings. The number of nitro benzene ring substituents is 1. The highest BCUT2D eigenvalue weighted by Gasteiger charge is 2.30. The molecular weight excluding hydrogens is 358 g/mol. The van der Waals surface area contributed by atoms with Gasteiger partial charge < -0.3 is 4.42 Å². The zero-order valence-electron chi connectivity index (χ0n) is 13.8. The standard InChI is InChI=1S/C16H13N5O6/c22-12(6-3-10-1-4-11(5-2-10)21(25)26)17-16-19-18-13(27-16)9-20-14(23)7-8-15(20)24/h1-6H,7-9H2,(H,17,19,22)/b6-3+. The first-order valence-corrected chi connectivity index (χ1v) is 7.81. The lowest BCUT2D eigenvalue weighted by molar-refractivity contribution is -0.384. The van der Waals surface area contributed by atoms with Crippen LogP contribution in [0.5, 0.6) is 0 Å². The Morgan fingerprint density at radius 3 is 2.52 bits per heavy atom. The summed E-state index contributed by atoms with van der Waals surface area (Å²) in [5.74, 6) is -1.16. The predicted molar refractivity (Wildman–Crippen MR) is 89.8 cm³/mol. The molecule has 1 aromatic heterocycles. The van der Waals surface area contributed by atoms with E-state index in [0.717, 1.165) is 4.90 Å². The number of aromatic nitrogens is 2. The molecule has 138 valence electrons. The number of rotatable bonds is 6. The van der Waals surface area contributed by atoms with E-state index in [1.54, 1.807) is 0 Å². The van der Waals surface area contributed by atoms with Gasteiger partial charge in [-0.15, -0.1) is 5.10 Å². The highest BCUT2D eigenvalue weighted by Crippen LogP contribution is 2.16. The van der Waals surface area contributed by atoms with Gasteiger partial charge in [0.05, 0.1) is 4.92 Å². The van der Waals surface area contributed by atoms with Crippen LogP contribution in [0.1, 0.15) is 24.3 Å². The molecule has 1 aromatic carbocycles. The molecule has 2 aromatic rings. The molecule has 11 nitrogen and oxygen atoms in total. The Hall–Kier alpha value is -3.89. The van der Waals surface area contributed by atoms with Gasteiger partial charge >= 0.3 is 6.01 Å². The van der Waals surface area contributed by atoms with Crippen molar-refractivity contribution in [1.82, 2.24) is 15.1 Å². The van der Waals surface area contributed by atoms with Crippen molar-refractivity contribution in [3.05, 3.63) is 51.9 Å². The third-order valence-electron chi connectivity index (χ3n) is 3.68. The minimum absolute atomic E-state index is 0.0215. The molecule has 1 aliphatic rings. The molecule has 27 heavy (non-hydrogen) atoms. The number of amides is 3. The molecule has 2 heterocycles. The van der Waals surface area contributed by atoms with E-state index >= 15 is 0 Å². The van der Waals surface area contributed by atoms with E-state index in [1.165, 1.54) is 36.4 Å². The van der Waals surface area contributed by atoms with Crippen LogP contribution >= 0.6 is 0 Å². The first kappa shape index (κ1) is 17.9. The Morgan fingerprint density at radius 2 is 1.89 bits per heavy atom. The summed E-state index contributed by atoms with van der Waals surface area (Å²) in [6.45, 7) is -0.140. The van der Waals surface area contributed by atoms with Crippen molar-refractivity contribution in [2.24, 2.45) is 0 Å². The summed E-state index contributed by atoms with van der Waals surface area (Å²) in [7, 11) is 0. The third kappa shape index (κ3) is 4.39. The van der Waals surface area contributed by atoms with Crippen LogP contribution in [0.3, 0.4) is 0 Å². The molecule has 0 spiro atoms. The maximum absolute atomic E-state index is 11.9. The van der Waals surface area contributed by atoms with E-state index in [4.69, 9.17) is 4.42 Å². The molecule has 1 N–H and O–H groups in total. The number of benzene rings is 1. The SMILES string of the molecule is O=C(/C=C/c1ccc([N+](=O)[O-])cc1)Nc1nnc(CN2C(=O)CCC2=O)o1. The van der Waals surface area contributed by atoms with Crippen LogP contribution in [0.15, 0.2) is 34.8 Å². The molecular formula is C16H13N5O6. The second-order valence-corrected chi connectivity index (χ2v) is 5.55. The normalized spacial score (nSPS) is 14.1. The number of imide groups is 1. The van der Waals surface area contributed by atoms with Gasteiger partial charge in [-0.25, -0.2) is 0 Å². The first-order valence-electron chi connectivity index (χ1n) is 7.81. The van der Waals surface area contributed by atoms with Gasteiger partial charge in [-0.2, -0.15) is 0 Å². The van der Waals surface area contributed by atoms with Crippen LogP contribution in [0, 0.1) is 10.1 Å². The average Bonchev–Trinajstić information content (AvgIpc) is 3.21. The molecule has 11 heteroatoms. The van der Waals surface area contributed by atoms with E-state index < -0.39 is 10.8 Å². The lowest BCUT2D eigenvalue weighted by Crippen LogP contribution is -2.28. The van der Waals surface area contributed by atoms with Crippen LogP contribution in [-0.4, -0.2) is 37.7 Å². The Labute approximate surface area is 151 Å². The topological polar surface area (TPSA) is 149 Å². The number of carbonyl (C=O) groups excluding carboxylic acids is 3. The van der Waals surface area contributed by atoms with Crippen LogP contribution in [0.2, 0.25) is 0 Å². The molecule has 3 amide bonds. The molecule has 0 saturated carbocycles. The van der Waals surface area contributed by atoms with Crippen molar-refractivity contribution in [2.45, 2.75) is 19.4 Å². The maximum Gasteiger partial charge on any atom is 0.322 e. The highest BCUT2D eigenvalue weighted by molar-refractivity contribution is 6.02. The highest BCUT2D eigenvalue weighted by atomic mass is 16.6. The van der Waals surface area contributed by atoms with Crippen molar-refractivity contribution < 1.29 is 23.7 Å². The maximum atomic E-state index is 11.9. The van der Waals surface area contributed by atoms with Crippen molar-refractivity contribution in [2.75, 3.05) is 5.32 Å². The number of nitrogens with zero attached hydrogens (tertiary/aromatic N) is 4. The minimum Gasteiger partial charge on any atom is -0.406 e. The van der Waals surface area contributed by atoms with E-state index in [-0.39, 0.29) is 48.8 Å². The zero-order chi connectivity index (χ0) is 19.4. The Kier molecular flexibility index (Phi) is 5.01. The molecule has 0 radical (unpaired) electrons. The van der Waals surface area contributed by atoms with Gasteiger partial charge in [0.15, 0.2) is 0 Å². The summed E-state index contributed by atoms with van der Waals surface area (Å²) in [5.41, 5.74) is 0.540. The summed E-state index contributed by atoms with van der Waals surface area (Å²) in [6.07, 6.45) is 2.96. The van der Waals surface area contributed by atoms with Gasteiger partial charge in [0.25, 0.3) is 11.6 Å². The Balaban J connectivity index is 1.56. The number of likely N-dealkylation sites (tertiary alicyclic amines) is 1. The van der Waals surface area contributed by atoms with E-state index in [2.05, 4.69) is 15.5 Å². The number of anilines is 1. The van der Waals surface area contributed by atoms with Crippen molar-refractivity contribution in [1.29, 1.82) is 0 Å². The molecule has 1 aliphatic heterocycles. The predicted octanol–water partition coefficient (Wildman–Crippen LogP) is 1.28. The van der Waals surface area contributed by atoms with Gasteiger partial charge in [0.1, 0.15) is 6.54 Å². The van der Waals surface area contributed by atoms with Crippen LogP contribution in [-0.2, 0) is 20.9 Å². The van der Waals surface area contributed by atoms with Gasteiger partial charge in [-0.1, -0.05) is 5.10 Å². The van der Waals surface area contributed by atoms with Crippen molar-refractivity contribution in [3.8, 4) is 0 Å². The molecule has 0 aliphatic carbocycles. The fraction of sp³-hybridized carbons (Fsp3) is 0.188. The molecule has 0 bridgehead atoms. The average molecular weight is 371 g/mol. The third-order valence-corrected chi connectivity index (χ3v) is 3.68. The molecule has 0 atom stereocenters. The number of non-ortho nitro benzene ring substituents is 1. The molecule has 3 rings (SSSR count). The molecule has 1 saturated heterocycles. The number of carbonyl (C=O) groups is 3. The van der Waals surface area contributed by atoms with Gasteiger partial charge in [0, 0.05) is 31.1 Å². The molecule has 0 unspecified atom stereocenters. The second-order valence-electron chi connectivity index (χ2n) is 5.55. The van der Waals surface area contributed by atoms with Gasteiger partial charge in [-0.05, 0) is 23.8 Å². The van der Waals surface area contributed by atoms with Crippen LogP contribution in [0.25, 0.3) is 6.08 Å². The number of nitro groups is 1. The smallest absolute Gasteiger partial charge is 0.322 e. The van der Waals surface area contributed by atoms with E-state index in [0.29, 0.717) is 5.56 Å². The van der Waals surface area contributed by atoms with E-state index in [9.17, 15) is 24.5 Å². The number of nitrogens with one attached hydrogen (secondary N) is 1. The fourth-order valence-electron chi connectivity index (χ4n) is 2.33. The minimum atomic E-state index is -0.558. The summed E-state index contributed by atoms with van der Waals surface area (Å²) in [4.78, 5) is 46.1. The first-order chi connectivity index (χ1) is 12.9. The monoisotopic (exact) mass is 371 g/mol. The quantitative estimate of drug-likeness (QED) is 0.345. The van der Waals surface area contributed by atoms with Crippen LogP contribution in [0.4, 0.5) is 11.7 Å². The van der Waals surface area contributed by atoms with Crippen molar-refractivity contribution >= 4 is 35.5 Å². The largest absolute Gasteiger partial charge is 0.406 e. The second kappa shape index (κ2) is 7.56. The fourth-order valence-corrected chi connectivity index (χ4v) is 2.33. The number of hydrogen-bond donors (Lipinski definition) is 1. The Morgan fingerprint density at radius 1 is 1.22 bits per heavy atom. The number of hydrogen-bond acceptors (Lipinski definition) is 8. The summed E-state index contributed by atoms with van der Waals surface area (Å²) >= 11 is 0. The van der Waals surface area contributed by atoms with Crippen molar-refractivity contribution in [3.63, 3.8) is 0 Å². The summed E-state index contributed by atoms with van der Waals surface area (Å²) in [5, 5.41) is 20.2. The lowest BCUT2D eigenvalue weighted by Gasteiger charge is -2.09.